The molecule has 7 rings (SSSR count). The zero-order valence-corrected chi connectivity index (χ0v) is 24.9. The van der Waals surface area contributed by atoms with E-state index >= 15 is 4.39 Å². The van der Waals surface area contributed by atoms with Gasteiger partial charge in [0.15, 0.2) is 5.84 Å². The zero-order valence-electron chi connectivity index (χ0n) is 24.2. The number of fused-ring (bicyclic) bond motifs is 1. The van der Waals surface area contributed by atoms with Crippen molar-refractivity contribution in [3.63, 3.8) is 0 Å². The number of nitrogens with one attached hydrogen (secondary N) is 3. The molecule has 1 fully saturated rings. The van der Waals surface area contributed by atoms with E-state index in [0.29, 0.717) is 28.0 Å². The van der Waals surface area contributed by atoms with Crippen LogP contribution in [0.5, 0.6) is 5.75 Å². The summed E-state index contributed by atoms with van der Waals surface area (Å²) in [5.74, 6) is 0.204. The number of imidazole rings is 1. The fourth-order valence-corrected chi connectivity index (χ4v) is 6.36. The largest absolute Gasteiger partial charge is 0.489 e. The highest BCUT2D eigenvalue weighted by Crippen LogP contribution is 2.38. The van der Waals surface area contributed by atoms with Gasteiger partial charge in [-0.15, -0.1) is 10.6 Å². The Morgan fingerprint density at radius 2 is 1.73 bits per heavy atom. The molecule has 0 bridgehead atoms. The lowest BCUT2D eigenvalue weighted by molar-refractivity contribution is 0.0697. The molecular formula is C34H30ClFN6O3. The Kier molecular flexibility index (Phi) is 7.83. The molecule has 0 unspecified atom stereocenters. The Balaban J connectivity index is 1.19. The van der Waals surface area contributed by atoms with E-state index in [0.717, 1.165) is 59.0 Å². The van der Waals surface area contributed by atoms with Crippen LogP contribution < -0.4 is 21.2 Å². The number of ether oxygens (including phenoxy) is 1. The van der Waals surface area contributed by atoms with E-state index < -0.39 is 11.8 Å². The first-order valence-corrected chi connectivity index (χ1v) is 15.2. The molecule has 2 heterocycles. The molecule has 0 amide bonds. The van der Waals surface area contributed by atoms with Crippen LogP contribution in [-0.4, -0.2) is 26.5 Å². The molecule has 1 aliphatic carbocycles. The Morgan fingerprint density at radius 3 is 2.47 bits per heavy atom. The van der Waals surface area contributed by atoms with Crippen LogP contribution in [0.4, 0.5) is 4.39 Å². The summed E-state index contributed by atoms with van der Waals surface area (Å²) < 4.78 is 24.2. The number of hydrogen-bond acceptors (Lipinski definition) is 7. The van der Waals surface area contributed by atoms with E-state index in [9.17, 15) is 9.90 Å². The second kappa shape index (κ2) is 12.2. The number of aromatic carboxylic acids is 1. The van der Waals surface area contributed by atoms with Crippen molar-refractivity contribution in [2.45, 2.75) is 44.8 Å². The normalized spacial score (nSPS) is 15.0. The first-order chi connectivity index (χ1) is 21.9. The highest BCUT2D eigenvalue weighted by atomic mass is 35.5. The van der Waals surface area contributed by atoms with Gasteiger partial charge in [-0.3, -0.25) is 5.43 Å². The average molecular weight is 625 g/mol. The molecule has 1 saturated carbocycles. The lowest BCUT2D eigenvalue weighted by Gasteiger charge is -2.26. The molecule has 11 heteroatoms. The Labute approximate surface area is 263 Å². The second-order valence-corrected chi connectivity index (χ2v) is 11.7. The number of rotatable bonds is 8. The molecule has 1 aliphatic heterocycles. The molecule has 0 radical (unpaired) electrons. The Morgan fingerprint density at radius 1 is 0.956 bits per heavy atom. The topological polar surface area (TPSA) is 113 Å². The van der Waals surface area contributed by atoms with Crippen LogP contribution in [0.3, 0.4) is 0 Å². The quantitative estimate of drug-likeness (QED) is 0.144. The number of hydrazone groups is 1. The number of nitrogens with zero attached hydrogens (tertiary/aromatic N) is 3. The molecule has 1 aromatic heterocycles. The molecule has 9 nitrogen and oxygen atoms in total. The maximum Gasteiger partial charge on any atom is 0.335 e. The van der Waals surface area contributed by atoms with E-state index in [1.54, 1.807) is 48.5 Å². The van der Waals surface area contributed by atoms with Gasteiger partial charge in [0, 0.05) is 22.7 Å². The smallest absolute Gasteiger partial charge is 0.335 e. The summed E-state index contributed by atoms with van der Waals surface area (Å²) in [4.78, 5) is 16.2. The van der Waals surface area contributed by atoms with Crippen LogP contribution in [0, 0.1) is 5.82 Å². The first kappa shape index (κ1) is 28.8. The predicted octanol–water partition coefficient (Wildman–Crippen LogP) is 7.22. The van der Waals surface area contributed by atoms with Gasteiger partial charge in [0.25, 0.3) is 0 Å². The zero-order chi connectivity index (χ0) is 30.9. The highest BCUT2D eigenvalue weighted by Gasteiger charge is 2.25. The van der Waals surface area contributed by atoms with Crippen molar-refractivity contribution in [3.05, 3.63) is 106 Å². The van der Waals surface area contributed by atoms with E-state index in [2.05, 4.69) is 26.2 Å². The molecule has 2 aliphatic rings. The van der Waals surface area contributed by atoms with E-state index in [1.807, 2.05) is 24.3 Å². The van der Waals surface area contributed by atoms with E-state index in [1.165, 1.54) is 12.5 Å². The number of aromatic nitrogens is 2. The third-order valence-corrected chi connectivity index (χ3v) is 8.63. The van der Waals surface area contributed by atoms with Crippen LogP contribution in [0.1, 0.15) is 59.6 Å². The van der Waals surface area contributed by atoms with Crippen molar-refractivity contribution in [1.29, 1.82) is 0 Å². The molecule has 0 atom stereocenters. The van der Waals surface area contributed by atoms with Crippen molar-refractivity contribution in [2.24, 2.45) is 5.10 Å². The number of amidine groups is 1. The molecular weight excluding hydrogens is 595 g/mol. The molecule has 228 valence electrons. The van der Waals surface area contributed by atoms with Crippen molar-refractivity contribution < 1.29 is 19.0 Å². The van der Waals surface area contributed by atoms with Crippen LogP contribution >= 0.6 is 11.6 Å². The number of hydrogen-bond donors (Lipinski definition) is 4. The number of hydrazine groups is 2. The standard InChI is InChI=1S/C34H30ClFN6O3/c35-24-11-13-27(20-6-8-21(9-7-20)34(43)44)23(16-24)19-45-26-12-14-28(29(36)18-26)33-37-30-17-22(32-38-40-41-39-32)10-15-31(30)42(33)25-4-2-1-3-5-25/h6-18,25,40-41H,1-5,19H2,(H,38,39)(H,43,44). The molecule has 0 saturated heterocycles. The number of benzene rings is 4. The van der Waals surface area contributed by atoms with Gasteiger partial charge in [0.05, 0.1) is 22.2 Å². The number of carboxylic acids is 1. The lowest BCUT2D eigenvalue weighted by Crippen LogP contribution is -2.35. The van der Waals surface area contributed by atoms with Crippen molar-refractivity contribution in [1.82, 2.24) is 26.0 Å². The maximum atomic E-state index is 15.9. The summed E-state index contributed by atoms with van der Waals surface area (Å²) in [6.45, 7) is 0.139. The monoisotopic (exact) mass is 624 g/mol. The summed E-state index contributed by atoms with van der Waals surface area (Å²) in [6, 6.07) is 23.1. The fraction of sp³-hybridized carbons (Fsp3) is 0.206. The van der Waals surface area contributed by atoms with Crippen LogP contribution in [0.15, 0.2) is 84.0 Å². The maximum absolute atomic E-state index is 15.9. The molecule has 45 heavy (non-hydrogen) atoms. The van der Waals surface area contributed by atoms with Crippen molar-refractivity contribution in [3.8, 4) is 28.3 Å². The first-order valence-electron chi connectivity index (χ1n) is 14.9. The van der Waals surface area contributed by atoms with Gasteiger partial charge < -0.3 is 14.4 Å². The van der Waals surface area contributed by atoms with Gasteiger partial charge in [0.2, 0.25) is 0 Å². The highest BCUT2D eigenvalue weighted by molar-refractivity contribution is 6.30. The number of carbonyl (C=O) groups is 1. The molecule has 4 N–H and O–H groups in total. The molecule has 5 aromatic rings. The minimum absolute atomic E-state index is 0.139. The second-order valence-electron chi connectivity index (χ2n) is 11.2. The van der Waals surface area contributed by atoms with Gasteiger partial charge >= 0.3 is 5.97 Å². The third kappa shape index (κ3) is 5.82. The number of carboxylic acid groups (broad SMARTS) is 1. The fourth-order valence-electron chi connectivity index (χ4n) is 6.16. The molecule has 0 spiro atoms. The van der Waals surface area contributed by atoms with Crippen LogP contribution in [-0.2, 0) is 6.61 Å². The van der Waals surface area contributed by atoms with Crippen LogP contribution in [0.2, 0.25) is 5.02 Å². The van der Waals surface area contributed by atoms with Gasteiger partial charge in [0.1, 0.15) is 24.0 Å². The third-order valence-electron chi connectivity index (χ3n) is 8.39. The summed E-state index contributed by atoms with van der Waals surface area (Å²) in [5.41, 5.74) is 14.1. The Hall–Kier alpha value is -4.93. The van der Waals surface area contributed by atoms with Gasteiger partial charge in [-0.25, -0.2) is 19.7 Å². The van der Waals surface area contributed by atoms with Crippen LogP contribution in [0.25, 0.3) is 33.5 Å². The summed E-state index contributed by atoms with van der Waals surface area (Å²) in [5, 5.41) is 14.0. The SMILES string of the molecule is O=C(O)c1ccc(-c2ccc(Cl)cc2COc2ccc(-c3nc4cc(C5=NNNN5)ccc4n3C3CCCCC3)c(F)c2)cc1. The van der Waals surface area contributed by atoms with Gasteiger partial charge in [-0.1, -0.05) is 49.1 Å². The van der Waals surface area contributed by atoms with Gasteiger partial charge in [-0.2, -0.15) is 0 Å². The predicted molar refractivity (Wildman–Crippen MR) is 171 cm³/mol. The van der Waals surface area contributed by atoms with E-state index in [4.69, 9.17) is 21.3 Å². The van der Waals surface area contributed by atoms with E-state index in [-0.39, 0.29) is 18.2 Å². The summed E-state index contributed by atoms with van der Waals surface area (Å²) >= 11 is 6.31. The Bertz CT molecular complexity index is 1940. The minimum atomic E-state index is -0.989. The minimum Gasteiger partial charge on any atom is -0.489 e. The molecule has 4 aromatic carbocycles. The van der Waals surface area contributed by atoms with Crippen molar-refractivity contribution in [2.75, 3.05) is 0 Å². The summed E-state index contributed by atoms with van der Waals surface area (Å²) in [7, 11) is 0. The number of halogens is 2. The van der Waals surface area contributed by atoms with Crippen molar-refractivity contribution >= 4 is 34.4 Å². The summed E-state index contributed by atoms with van der Waals surface area (Å²) in [6.07, 6.45) is 5.50. The average Bonchev–Trinajstić information content (AvgIpc) is 3.73. The van der Waals surface area contributed by atoms with Gasteiger partial charge in [-0.05, 0) is 84.1 Å². The lowest BCUT2D eigenvalue weighted by atomic mass is 9.94.